The van der Waals surface area contributed by atoms with Crippen LogP contribution < -0.4 is 5.32 Å². The first-order chi connectivity index (χ1) is 9.13. The molecule has 2 nitrogen and oxygen atoms in total. The van der Waals surface area contributed by atoms with Gasteiger partial charge in [-0.1, -0.05) is 35.9 Å². The van der Waals surface area contributed by atoms with Crippen molar-refractivity contribution in [3.05, 3.63) is 70.5 Å². The molecule has 0 saturated heterocycles. The summed E-state index contributed by atoms with van der Waals surface area (Å²) in [6.45, 7) is 0.396. The van der Waals surface area contributed by atoms with E-state index in [4.69, 9.17) is 11.6 Å². The molecule has 2 aromatic carbocycles. The van der Waals surface area contributed by atoms with Crippen LogP contribution in [0, 0.1) is 5.82 Å². The number of halogens is 2. The van der Waals surface area contributed by atoms with Gasteiger partial charge in [-0.15, -0.1) is 0 Å². The van der Waals surface area contributed by atoms with Crippen LogP contribution in [-0.4, -0.2) is 5.91 Å². The van der Waals surface area contributed by atoms with Crippen LogP contribution in [0.15, 0.2) is 48.5 Å². The van der Waals surface area contributed by atoms with Crippen molar-refractivity contribution in [3.63, 3.8) is 0 Å². The summed E-state index contributed by atoms with van der Waals surface area (Å²) in [5.74, 6) is -0.358. The van der Waals surface area contributed by atoms with Gasteiger partial charge in [-0.05, 0) is 35.4 Å². The van der Waals surface area contributed by atoms with Gasteiger partial charge in [0.2, 0.25) is 5.91 Å². The van der Waals surface area contributed by atoms with E-state index in [0.717, 1.165) is 11.1 Å². The monoisotopic (exact) mass is 277 g/mol. The third-order valence-electron chi connectivity index (χ3n) is 2.68. The molecule has 2 aromatic rings. The highest BCUT2D eigenvalue weighted by Crippen LogP contribution is 2.10. The zero-order valence-corrected chi connectivity index (χ0v) is 11.0. The Kier molecular flexibility index (Phi) is 4.53. The highest BCUT2D eigenvalue weighted by atomic mass is 35.5. The summed E-state index contributed by atoms with van der Waals surface area (Å²) < 4.78 is 12.7. The smallest absolute Gasteiger partial charge is 0.224 e. The number of hydrogen-bond donors (Lipinski definition) is 1. The minimum absolute atomic E-state index is 0.0772. The molecule has 0 saturated carbocycles. The van der Waals surface area contributed by atoms with Gasteiger partial charge in [0.05, 0.1) is 6.42 Å². The molecule has 98 valence electrons. The van der Waals surface area contributed by atoms with E-state index in [9.17, 15) is 9.18 Å². The van der Waals surface area contributed by atoms with E-state index in [1.54, 1.807) is 24.3 Å². The second-order valence-corrected chi connectivity index (χ2v) is 4.64. The van der Waals surface area contributed by atoms with Crippen molar-refractivity contribution in [2.75, 3.05) is 0 Å². The summed E-state index contributed by atoms with van der Waals surface area (Å²) in [4.78, 5) is 11.7. The van der Waals surface area contributed by atoms with Gasteiger partial charge in [-0.3, -0.25) is 4.79 Å². The van der Waals surface area contributed by atoms with E-state index in [0.29, 0.717) is 18.0 Å². The Hall–Kier alpha value is -1.87. The fourth-order valence-electron chi connectivity index (χ4n) is 1.65. The molecule has 0 spiro atoms. The molecule has 19 heavy (non-hydrogen) atoms. The Labute approximate surface area is 116 Å². The first-order valence-electron chi connectivity index (χ1n) is 5.89. The summed E-state index contributed by atoms with van der Waals surface area (Å²) in [5.41, 5.74) is 1.77. The van der Waals surface area contributed by atoms with Crippen LogP contribution in [0.2, 0.25) is 5.02 Å². The predicted molar refractivity (Wildman–Crippen MR) is 73.4 cm³/mol. The average molecular weight is 278 g/mol. The Morgan fingerprint density at radius 2 is 1.58 bits per heavy atom. The highest BCUT2D eigenvalue weighted by molar-refractivity contribution is 6.30. The van der Waals surface area contributed by atoms with Crippen molar-refractivity contribution in [2.24, 2.45) is 0 Å². The van der Waals surface area contributed by atoms with Crippen molar-refractivity contribution in [2.45, 2.75) is 13.0 Å². The molecule has 0 aromatic heterocycles. The summed E-state index contributed by atoms with van der Waals surface area (Å²) >= 11 is 5.77. The number of nitrogens with one attached hydrogen (secondary N) is 1. The molecule has 1 N–H and O–H groups in total. The van der Waals surface area contributed by atoms with Crippen molar-refractivity contribution >= 4 is 17.5 Å². The number of amides is 1. The molecule has 0 bridgehead atoms. The number of carbonyl (C=O) groups is 1. The summed E-state index contributed by atoms with van der Waals surface area (Å²) in [5, 5.41) is 3.44. The fourth-order valence-corrected chi connectivity index (χ4v) is 1.78. The van der Waals surface area contributed by atoms with Crippen LogP contribution in [0.1, 0.15) is 11.1 Å². The molecule has 1 amide bonds. The first kappa shape index (κ1) is 13.6. The minimum atomic E-state index is -0.281. The molecule has 0 radical (unpaired) electrons. The van der Waals surface area contributed by atoms with Crippen molar-refractivity contribution in [1.82, 2.24) is 5.32 Å². The second-order valence-electron chi connectivity index (χ2n) is 4.21. The van der Waals surface area contributed by atoms with E-state index in [1.165, 1.54) is 12.1 Å². The largest absolute Gasteiger partial charge is 0.352 e. The van der Waals surface area contributed by atoms with Gasteiger partial charge in [0, 0.05) is 11.6 Å². The highest BCUT2D eigenvalue weighted by Gasteiger charge is 2.03. The van der Waals surface area contributed by atoms with Gasteiger partial charge in [0.15, 0.2) is 0 Å². The van der Waals surface area contributed by atoms with Gasteiger partial charge in [0.1, 0.15) is 5.82 Å². The summed E-state index contributed by atoms with van der Waals surface area (Å²) in [6, 6.07) is 13.2. The van der Waals surface area contributed by atoms with E-state index in [-0.39, 0.29) is 11.7 Å². The Bertz CT molecular complexity index is 551. The SMILES string of the molecule is O=C(Cc1ccc(Cl)cc1)NCc1ccc(F)cc1. The lowest BCUT2D eigenvalue weighted by Gasteiger charge is -2.05. The molecule has 0 heterocycles. The third kappa shape index (κ3) is 4.38. The van der Waals surface area contributed by atoms with Crippen molar-refractivity contribution in [3.8, 4) is 0 Å². The lowest BCUT2D eigenvalue weighted by Crippen LogP contribution is -2.24. The Morgan fingerprint density at radius 1 is 1.00 bits per heavy atom. The lowest BCUT2D eigenvalue weighted by atomic mass is 10.1. The number of rotatable bonds is 4. The van der Waals surface area contributed by atoms with Crippen LogP contribution in [0.4, 0.5) is 4.39 Å². The molecular formula is C15H13ClFNO. The average Bonchev–Trinajstić information content (AvgIpc) is 2.41. The van der Waals surface area contributed by atoms with Gasteiger partial charge in [0.25, 0.3) is 0 Å². The van der Waals surface area contributed by atoms with Crippen molar-refractivity contribution < 1.29 is 9.18 Å². The summed E-state index contributed by atoms with van der Waals surface area (Å²) in [6.07, 6.45) is 0.304. The molecule has 0 aliphatic rings. The molecule has 0 atom stereocenters. The van der Waals surface area contributed by atoms with E-state index in [2.05, 4.69) is 5.32 Å². The lowest BCUT2D eigenvalue weighted by molar-refractivity contribution is -0.120. The van der Waals surface area contributed by atoms with E-state index < -0.39 is 0 Å². The summed E-state index contributed by atoms with van der Waals surface area (Å²) in [7, 11) is 0. The molecule has 2 rings (SSSR count). The molecular weight excluding hydrogens is 265 g/mol. The standard InChI is InChI=1S/C15H13ClFNO/c16-13-5-1-11(2-6-13)9-15(19)18-10-12-3-7-14(17)8-4-12/h1-8H,9-10H2,(H,18,19). The molecule has 4 heteroatoms. The minimum Gasteiger partial charge on any atom is -0.352 e. The topological polar surface area (TPSA) is 29.1 Å². The van der Waals surface area contributed by atoms with E-state index >= 15 is 0 Å². The van der Waals surface area contributed by atoms with Gasteiger partial charge < -0.3 is 5.32 Å². The van der Waals surface area contributed by atoms with Crippen LogP contribution >= 0.6 is 11.6 Å². The van der Waals surface area contributed by atoms with E-state index in [1.807, 2.05) is 12.1 Å². The molecule has 0 aliphatic carbocycles. The Balaban J connectivity index is 1.84. The third-order valence-corrected chi connectivity index (χ3v) is 2.93. The van der Waals surface area contributed by atoms with Gasteiger partial charge in [-0.25, -0.2) is 4.39 Å². The maximum atomic E-state index is 12.7. The maximum absolute atomic E-state index is 12.7. The molecule has 0 aliphatic heterocycles. The number of benzene rings is 2. The van der Waals surface area contributed by atoms with Crippen LogP contribution in [-0.2, 0) is 17.8 Å². The first-order valence-corrected chi connectivity index (χ1v) is 6.27. The van der Waals surface area contributed by atoms with Crippen molar-refractivity contribution in [1.29, 1.82) is 0 Å². The Morgan fingerprint density at radius 3 is 2.21 bits per heavy atom. The molecule has 0 fully saturated rings. The number of hydrogen-bond acceptors (Lipinski definition) is 1. The van der Waals surface area contributed by atoms with Gasteiger partial charge >= 0.3 is 0 Å². The van der Waals surface area contributed by atoms with Crippen LogP contribution in [0.25, 0.3) is 0 Å². The van der Waals surface area contributed by atoms with Gasteiger partial charge in [-0.2, -0.15) is 0 Å². The number of carbonyl (C=O) groups excluding carboxylic acids is 1. The normalized spacial score (nSPS) is 10.2. The quantitative estimate of drug-likeness (QED) is 0.912. The predicted octanol–water partition coefficient (Wildman–Crippen LogP) is 3.34. The zero-order valence-electron chi connectivity index (χ0n) is 10.2. The maximum Gasteiger partial charge on any atom is 0.224 e. The second kappa shape index (κ2) is 6.34. The zero-order chi connectivity index (χ0) is 13.7. The van der Waals surface area contributed by atoms with Crippen LogP contribution in [0.5, 0.6) is 0 Å². The fraction of sp³-hybridized carbons (Fsp3) is 0.133. The van der Waals surface area contributed by atoms with Crippen LogP contribution in [0.3, 0.4) is 0 Å². The molecule has 0 unspecified atom stereocenters.